The van der Waals surface area contributed by atoms with Crippen LogP contribution in [0.5, 0.6) is 0 Å². The monoisotopic (exact) mass is 359 g/mol. The highest BCUT2D eigenvalue weighted by Gasteiger charge is 2.16. The van der Waals surface area contributed by atoms with Gasteiger partial charge >= 0.3 is 0 Å². The molecule has 3 N–H and O–H groups in total. The number of nitrogens with zero attached hydrogens (tertiary/aromatic N) is 3. The number of hydrogen-bond acceptors (Lipinski definition) is 6. The molecule has 1 aromatic carbocycles. The molecule has 1 atom stereocenters. The third-order valence-electron chi connectivity index (χ3n) is 4.22. The number of rotatable bonds is 6. The van der Waals surface area contributed by atoms with Crippen LogP contribution in [-0.2, 0) is 0 Å². The molecule has 3 rings (SSSR count). The van der Waals surface area contributed by atoms with Gasteiger partial charge in [0.2, 0.25) is 5.95 Å². The van der Waals surface area contributed by atoms with Crippen molar-refractivity contribution in [3.8, 4) is 6.07 Å². The van der Waals surface area contributed by atoms with Crippen LogP contribution in [-0.4, -0.2) is 21.7 Å². The molecule has 6 nitrogen and oxygen atoms in total. The molecular weight excluding hydrogens is 338 g/mol. The molecule has 1 aliphatic rings. The van der Waals surface area contributed by atoms with Gasteiger partial charge in [-0.1, -0.05) is 36.4 Å². The first kappa shape index (κ1) is 18.4. The van der Waals surface area contributed by atoms with E-state index in [1.165, 1.54) is 0 Å². The number of hydrogen-bond donors (Lipinski definition) is 3. The maximum Gasteiger partial charge on any atom is 0.223 e. The Morgan fingerprint density at radius 1 is 1.30 bits per heavy atom. The molecule has 0 bridgehead atoms. The van der Waals surface area contributed by atoms with E-state index in [2.05, 4.69) is 26.7 Å². The zero-order valence-corrected chi connectivity index (χ0v) is 15.1. The smallest absolute Gasteiger partial charge is 0.223 e. The molecule has 0 saturated heterocycles. The fraction of sp³-hybridized carbons (Fsp3) is 0.190. The summed E-state index contributed by atoms with van der Waals surface area (Å²) in [6.45, 7) is 1.92. The van der Waals surface area contributed by atoms with Gasteiger partial charge in [0.25, 0.3) is 0 Å². The van der Waals surface area contributed by atoms with E-state index in [0.29, 0.717) is 29.3 Å². The van der Waals surface area contributed by atoms with E-state index < -0.39 is 0 Å². The Morgan fingerprint density at radius 2 is 2.11 bits per heavy atom. The Hall–Kier alpha value is -3.43. The maximum atomic E-state index is 9.67. The molecule has 0 fully saturated rings. The molecular formula is C21H21N5O. The first-order valence-corrected chi connectivity index (χ1v) is 8.73. The summed E-state index contributed by atoms with van der Waals surface area (Å²) in [5, 5.41) is 25.4. The number of aryl methyl sites for hydroxylation is 1. The quantitative estimate of drug-likeness (QED) is 0.686. The molecule has 0 aliphatic carbocycles. The molecule has 1 unspecified atom stereocenters. The summed E-state index contributed by atoms with van der Waals surface area (Å²) < 4.78 is 0. The van der Waals surface area contributed by atoms with E-state index in [9.17, 15) is 10.4 Å². The molecule has 27 heavy (non-hydrogen) atoms. The second-order valence-corrected chi connectivity index (χ2v) is 6.11. The van der Waals surface area contributed by atoms with Gasteiger partial charge < -0.3 is 15.7 Å². The van der Waals surface area contributed by atoms with Crippen molar-refractivity contribution in [2.24, 2.45) is 0 Å². The summed E-state index contributed by atoms with van der Waals surface area (Å²) in [4.78, 5) is 8.94. The van der Waals surface area contributed by atoms with Crippen LogP contribution in [0.4, 0.5) is 5.95 Å². The van der Waals surface area contributed by atoms with Crippen LogP contribution >= 0.6 is 0 Å². The third-order valence-corrected chi connectivity index (χ3v) is 4.22. The summed E-state index contributed by atoms with van der Waals surface area (Å²) in [7, 11) is 0. The highest BCUT2D eigenvalue weighted by Crippen LogP contribution is 2.24. The van der Waals surface area contributed by atoms with Crippen molar-refractivity contribution in [1.29, 1.82) is 5.26 Å². The van der Waals surface area contributed by atoms with Crippen LogP contribution in [0.2, 0.25) is 0 Å². The van der Waals surface area contributed by atoms with Crippen LogP contribution in [0.1, 0.15) is 29.3 Å². The molecule has 2 aromatic rings. The van der Waals surface area contributed by atoms with Crippen molar-refractivity contribution in [3.05, 3.63) is 83.5 Å². The Labute approximate surface area is 158 Å². The lowest BCUT2D eigenvalue weighted by molar-refractivity contribution is 0.280. The van der Waals surface area contributed by atoms with E-state index >= 15 is 0 Å². The first-order valence-electron chi connectivity index (χ1n) is 8.73. The van der Waals surface area contributed by atoms with Gasteiger partial charge in [-0.05, 0) is 36.6 Å². The average Bonchev–Trinajstić information content (AvgIpc) is 2.72. The molecule has 136 valence electrons. The number of aliphatic hydroxyl groups excluding tert-OH is 1. The van der Waals surface area contributed by atoms with Crippen molar-refractivity contribution in [1.82, 2.24) is 15.3 Å². The fourth-order valence-corrected chi connectivity index (χ4v) is 2.85. The van der Waals surface area contributed by atoms with Gasteiger partial charge in [-0.3, -0.25) is 0 Å². The summed E-state index contributed by atoms with van der Waals surface area (Å²) in [6.07, 6.45) is 9.56. The Bertz CT molecular complexity index is 925. The topological polar surface area (TPSA) is 93.9 Å². The first-order chi connectivity index (χ1) is 13.2. The lowest BCUT2D eigenvalue weighted by Crippen LogP contribution is -2.16. The van der Waals surface area contributed by atoms with E-state index in [-0.39, 0.29) is 12.6 Å². The summed E-state index contributed by atoms with van der Waals surface area (Å²) in [5.74, 6) is 0.418. The lowest BCUT2D eigenvalue weighted by Gasteiger charge is -2.19. The van der Waals surface area contributed by atoms with Gasteiger partial charge in [0, 0.05) is 19.0 Å². The summed E-state index contributed by atoms with van der Waals surface area (Å²) in [5.41, 5.74) is 3.58. The van der Waals surface area contributed by atoms with Gasteiger partial charge in [-0.15, -0.1) is 0 Å². The zero-order chi connectivity index (χ0) is 19.1. The minimum Gasteiger partial charge on any atom is -0.396 e. The second-order valence-electron chi connectivity index (χ2n) is 6.11. The standard InChI is InChI=1S/C21H21N5O/c1-15-14-24-21(25-18(10-12-27)16-7-3-2-4-8-16)26-20(15)17(13-22)19-9-5-6-11-23-19/h2-9,11,14,18,23,27H,10,12H2,1H3,(H,24,25,26)/b19-17-. The Balaban J connectivity index is 1.94. The van der Waals surface area contributed by atoms with Gasteiger partial charge in [-0.25, -0.2) is 9.97 Å². The minimum atomic E-state index is -0.124. The molecule has 0 spiro atoms. The van der Waals surface area contributed by atoms with Crippen LogP contribution in [0, 0.1) is 18.3 Å². The molecule has 1 aliphatic heterocycles. The largest absolute Gasteiger partial charge is 0.396 e. The van der Waals surface area contributed by atoms with Crippen LogP contribution < -0.4 is 10.6 Å². The summed E-state index contributed by atoms with van der Waals surface area (Å²) >= 11 is 0. The minimum absolute atomic E-state index is 0.0415. The predicted octanol–water partition coefficient (Wildman–Crippen LogP) is 3.23. The van der Waals surface area contributed by atoms with Crippen molar-refractivity contribution >= 4 is 11.5 Å². The van der Waals surface area contributed by atoms with Gasteiger partial charge in [0.15, 0.2) is 0 Å². The number of dihydropyridines is 1. The van der Waals surface area contributed by atoms with Crippen molar-refractivity contribution in [2.45, 2.75) is 19.4 Å². The normalized spacial score (nSPS) is 15.6. The number of anilines is 1. The Kier molecular flexibility index (Phi) is 5.98. The highest BCUT2D eigenvalue weighted by molar-refractivity contribution is 5.81. The van der Waals surface area contributed by atoms with E-state index in [0.717, 1.165) is 11.1 Å². The van der Waals surface area contributed by atoms with E-state index in [4.69, 9.17) is 0 Å². The SMILES string of the molecule is Cc1cnc(NC(CCO)c2ccccc2)nc1/C(C#N)=C1/C=CC=CN1. The number of aliphatic hydroxyl groups is 1. The maximum absolute atomic E-state index is 9.67. The van der Waals surface area contributed by atoms with Crippen LogP contribution in [0.25, 0.3) is 5.57 Å². The zero-order valence-electron chi connectivity index (χ0n) is 15.1. The number of nitrogens with one attached hydrogen (secondary N) is 2. The second kappa shape index (κ2) is 8.79. The van der Waals surface area contributed by atoms with Crippen molar-refractivity contribution in [2.75, 3.05) is 11.9 Å². The predicted molar refractivity (Wildman–Crippen MR) is 105 cm³/mol. The molecule has 0 saturated carbocycles. The summed E-state index contributed by atoms with van der Waals surface area (Å²) in [6, 6.07) is 12.0. The lowest BCUT2D eigenvalue weighted by atomic mass is 10.0. The van der Waals surface area contributed by atoms with Crippen LogP contribution in [0.15, 0.2) is 66.7 Å². The highest BCUT2D eigenvalue weighted by atomic mass is 16.3. The Morgan fingerprint density at radius 3 is 2.78 bits per heavy atom. The van der Waals surface area contributed by atoms with E-state index in [1.807, 2.05) is 55.5 Å². The number of aromatic nitrogens is 2. The third kappa shape index (κ3) is 4.40. The molecule has 1 aromatic heterocycles. The molecule has 2 heterocycles. The van der Waals surface area contributed by atoms with Crippen LogP contribution in [0.3, 0.4) is 0 Å². The van der Waals surface area contributed by atoms with Gasteiger partial charge in [0.05, 0.1) is 17.4 Å². The fourth-order valence-electron chi connectivity index (χ4n) is 2.85. The average molecular weight is 359 g/mol. The molecule has 6 heteroatoms. The molecule has 0 radical (unpaired) electrons. The van der Waals surface area contributed by atoms with Gasteiger partial charge in [0.1, 0.15) is 11.6 Å². The van der Waals surface area contributed by atoms with E-state index in [1.54, 1.807) is 12.4 Å². The number of nitriles is 1. The number of benzene rings is 1. The van der Waals surface area contributed by atoms with Crippen molar-refractivity contribution < 1.29 is 5.11 Å². The van der Waals surface area contributed by atoms with Crippen molar-refractivity contribution in [3.63, 3.8) is 0 Å². The molecule has 0 amide bonds. The number of allylic oxidation sites excluding steroid dienone is 4. The van der Waals surface area contributed by atoms with Gasteiger partial charge in [-0.2, -0.15) is 5.26 Å².